The van der Waals surface area contributed by atoms with Gasteiger partial charge in [0.05, 0.1) is 19.6 Å². The summed E-state index contributed by atoms with van der Waals surface area (Å²) in [6.07, 6.45) is -0.825. The van der Waals surface area contributed by atoms with Gasteiger partial charge in [-0.25, -0.2) is 14.4 Å². The monoisotopic (exact) mass is 303 g/mol. The van der Waals surface area contributed by atoms with Crippen LogP contribution in [-0.2, 0) is 14.3 Å². The largest absolute Gasteiger partial charge is 0.481 e. The number of ether oxygens (including phenoxy) is 1. The van der Waals surface area contributed by atoms with Crippen LogP contribution in [0.3, 0.4) is 0 Å². The van der Waals surface area contributed by atoms with E-state index < -0.39 is 36.5 Å². The van der Waals surface area contributed by atoms with Gasteiger partial charge in [0.1, 0.15) is 6.04 Å². The Morgan fingerprint density at radius 2 is 2.00 bits per heavy atom. The van der Waals surface area contributed by atoms with E-state index in [1.54, 1.807) is 0 Å². The smallest absolute Gasteiger partial charge is 0.407 e. The van der Waals surface area contributed by atoms with Crippen LogP contribution in [0.1, 0.15) is 12.8 Å². The highest BCUT2D eigenvalue weighted by atomic mass is 16.5. The number of nitrogens with zero attached hydrogens (tertiary/aromatic N) is 1. The second kappa shape index (κ2) is 7.31. The number of hydrogen-bond donors (Lipinski definition) is 4. The molecule has 0 saturated carbocycles. The third kappa shape index (κ3) is 5.16. The van der Waals surface area contributed by atoms with E-state index >= 15 is 0 Å². The fourth-order valence-electron chi connectivity index (χ4n) is 1.90. The number of amides is 3. The van der Waals surface area contributed by atoms with Crippen molar-refractivity contribution in [3.05, 3.63) is 0 Å². The van der Waals surface area contributed by atoms with Gasteiger partial charge in [0, 0.05) is 13.1 Å². The van der Waals surface area contributed by atoms with Crippen molar-refractivity contribution in [2.45, 2.75) is 24.9 Å². The molecule has 0 spiro atoms. The highest BCUT2D eigenvalue weighted by Crippen LogP contribution is 2.10. The first kappa shape index (κ1) is 16.5. The third-order valence-electron chi connectivity index (χ3n) is 2.96. The summed E-state index contributed by atoms with van der Waals surface area (Å²) in [5.41, 5.74) is 0. The average Bonchev–Trinajstić information content (AvgIpc) is 2.85. The molecular formula is C11H17N3O7. The highest BCUT2D eigenvalue weighted by molar-refractivity contribution is 5.86. The van der Waals surface area contributed by atoms with Crippen LogP contribution >= 0.6 is 0 Å². The van der Waals surface area contributed by atoms with E-state index in [-0.39, 0.29) is 12.6 Å². The number of hydrogen-bond acceptors (Lipinski definition) is 5. The molecule has 1 heterocycles. The lowest BCUT2D eigenvalue weighted by Gasteiger charge is -2.20. The number of likely N-dealkylation sites (tertiary alicyclic amines) is 1. The number of alkyl carbamates (subject to hydrolysis) is 1. The number of rotatable bonds is 5. The molecule has 1 rings (SSSR count). The molecule has 0 radical (unpaired) electrons. The zero-order valence-electron chi connectivity index (χ0n) is 11.4. The number of nitrogens with one attached hydrogen (secondary N) is 2. The summed E-state index contributed by atoms with van der Waals surface area (Å²) in [5.74, 6) is -2.75. The fraction of sp³-hybridized carbons (Fsp3) is 0.636. The molecule has 1 aliphatic heterocycles. The standard InChI is InChI=1S/C11H17N3O7/c1-21-11(20)12-6-2-3-14(5-6)10(19)13-7(9(17)18)4-8(15)16/h6-7H,2-5H2,1H3,(H,12,20)(H,13,19)(H,15,16)(H,17,18)/t6?,7-/m1/s1. The minimum atomic E-state index is -1.50. The average molecular weight is 303 g/mol. The van der Waals surface area contributed by atoms with E-state index in [0.717, 1.165) is 0 Å². The minimum Gasteiger partial charge on any atom is -0.481 e. The molecule has 0 aromatic heterocycles. The van der Waals surface area contributed by atoms with Crippen molar-refractivity contribution in [3.8, 4) is 0 Å². The van der Waals surface area contributed by atoms with E-state index in [9.17, 15) is 19.2 Å². The number of carbonyl (C=O) groups is 4. The fourth-order valence-corrected chi connectivity index (χ4v) is 1.90. The number of aliphatic carboxylic acids is 2. The number of carboxylic acids is 2. The quantitative estimate of drug-likeness (QED) is 0.512. The molecule has 3 amide bonds. The van der Waals surface area contributed by atoms with Crippen LogP contribution in [0.15, 0.2) is 0 Å². The summed E-state index contributed by atoms with van der Waals surface area (Å²) in [5, 5.41) is 22.1. The van der Waals surface area contributed by atoms with Gasteiger partial charge >= 0.3 is 24.1 Å². The molecule has 10 nitrogen and oxygen atoms in total. The Bertz CT molecular complexity index is 440. The van der Waals surface area contributed by atoms with Crippen molar-refractivity contribution in [2.75, 3.05) is 20.2 Å². The lowest BCUT2D eigenvalue weighted by molar-refractivity contribution is -0.145. The van der Waals surface area contributed by atoms with Gasteiger partial charge in [-0.2, -0.15) is 0 Å². The van der Waals surface area contributed by atoms with Gasteiger partial charge in [-0.15, -0.1) is 0 Å². The molecule has 21 heavy (non-hydrogen) atoms. The molecule has 1 fully saturated rings. The number of urea groups is 1. The lowest BCUT2D eigenvalue weighted by atomic mass is 10.2. The molecule has 2 atom stereocenters. The first-order valence-electron chi connectivity index (χ1n) is 6.18. The third-order valence-corrected chi connectivity index (χ3v) is 2.96. The predicted molar refractivity (Wildman–Crippen MR) is 67.7 cm³/mol. The SMILES string of the molecule is COC(=O)NC1CCN(C(=O)N[C@H](CC(=O)O)C(=O)O)C1. The van der Waals surface area contributed by atoms with E-state index in [2.05, 4.69) is 15.4 Å². The molecule has 118 valence electrons. The predicted octanol–water partition coefficient (Wildman–Crippen LogP) is -0.946. The lowest BCUT2D eigenvalue weighted by Crippen LogP contribution is -2.49. The van der Waals surface area contributed by atoms with Gasteiger partial charge in [0.25, 0.3) is 0 Å². The normalized spacial score (nSPS) is 18.7. The number of methoxy groups -OCH3 is 1. The summed E-state index contributed by atoms with van der Waals surface area (Å²) in [7, 11) is 1.22. The van der Waals surface area contributed by atoms with E-state index in [4.69, 9.17) is 10.2 Å². The molecule has 1 saturated heterocycles. The maximum Gasteiger partial charge on any atom is 0.407 e. The maximum absolute atomic E-state index is 11.9. The molecule has 1 aliphatic rings. The summed E-state index contributed by atoms with van der Waals surface area (Å²) >= 11 is 0. The second-order valence-electron chi connectivity index (χ2n) is 4.51. The van der Waals surface area contributed by atoms with Crippen molar-refractivity contribution >= 4 is 24.1 Å². The number of carboxylic acid groups (broad SMARTS) is 2. The van der Waals surface area contributed by atoms with E-state index in [0.29, 0.717) is 13.0 Å². The van der Waals surface area contributed by atoms with Gasteiger partial charge in [0.2, 0.25) is 0 Å². The van der Waals surface area contributed by atoms with Crippen LogP contribution in [0.4, 0.5) is 9.59 Å². The van der Waals surface area contributed by atoms with E-state index in [1.807, 2.05) is 0 Å². The van der Waals surface area contributed by atoms with Gasteiger partial charge in [-0.05, 0) is 6.42 Å². The van der Waals surface area contributed by atoms with Crippen molar-refractivity contribution in [1.29, 1.82) is 0 Å². The van der Waals surface area contributed by atoms with Crippen molar-refractivity contribution < 1.29 is 34.1 Å². The first-order valence-corrected chi connectivity index (χ1v) is 6.18. The van der Waals surface area contributed by atoms with Crippen LogP contribution < -0.4 is 10.6 Å². The zero-order chi connectivity index (χ0) is 16.0. The Kier molecular flexibility index (Phi) is 5.76. The van der Waals surface area contributed by atoms with Crippen LogP contribution in [0.5, 0.6) is 0 Å². The molecule has 1 unspecified atom stereocenters. The maximum atomic E-state index is 11.9. The molecule has 0 aromatic rings. The minimum absolute atomic E-state index is 0.195. The molecule has 0 bridgehead atoms. The number of carbonyl (C=O) groups excluding carboxylic acids is 2. The Morgan fingerprint density at radius 3 is 2.52 bits per heavy atom. The van der Waals surface area contributed by atoms with Crippen LogP contribution in [0.2, 0.25) is 0 Å². The van der Waals surface area contributed by atoms with E-state index in [1.165, 1.54) is 12.0 Å². The van der Waals surface area contributed by atoms with Gasteiger partial charge in [0.15, 0.2) is 0 Å². The topological polar surface area (TPSA) is 145 Å². The highest BCUT2D eigenvalue weighted by Gasteiger charge is 2.30. The molecular weight excluding hydrogens is 286 g/mol. The van der Waals surface area contributed by atoms with Gasteiger partial charge in [-0.1, -0.05) is 0 Å². The van der Waals surface area contributed by atoms with Crippen molar-refractivity contribution in [2.24, 2.45) is 0 Å². The van der Waals surface area contributed by atoms with Crippen LogP contribution in [0, 0.1) is 0 Å². The summed E-state index contributed by atoms with van der Waals surface area (Å²) in [6.45, 7) is 0.514. The summed E-state index contributed by atoms with van der Waals surface area (Å²) in [6, 6.07) is -2.47. The summed E-state index contributed by atoms with van der Waals surface area (Å²) in [4.78, 5) is 45.6. The molecule has 10 heteroatoms. The van der Waals surface area contributed by atoms with Crippen LogP contribution in [0.25, 0.3) is 0 Å². The molecule has 0 aromatic carbocycles. The van der Waals surface area contributed by atoms with Crippen molar-refractivity contribution in [3.63, 3.8) is 0 Å². The Labute approximate surface area is 120 Å². The molecule has 0 aliphatic carbocycles. The Balaban J connectivity index is 2.50. The first-order chi connectivity index (χ1) is 9.83. The second-order valence-corrected chi connectivity index (χ2v) is 4.51. The van der Waals surface area contributed by atoms with Gasteiger partial charge in [-0.3, -0.25) is 4.79 Å². The Morgan fingerprint density at radius 1 is 1.33 bits per heavy atom. The van der Waals surface area contributed by atoms with Gasteiger partial charge < -0.3 is 30.5 Å². The van der Waals surface area contributed by atoms with Crippen molar-refractivity contribution in [1.82, 2.24) is 15.5 Å². The Hall–Kier alpha value is -2.52. The molecule has 4 N–H and O–H groups in total. The summed E-state index contributed by atoms with van der Waals surface area (Å²) < 4.78 is 4.44. The van der Waals surface area contributed by atoms with Crippen LogP contribution in [-0.4, -0.2) is 71.5 Å². The zero-order valence-corrected chi connectivity index (χ0v) is 11.4.